The molecule has 23 heavy (non-hydrogen) atoms. The summed E-state index contributed by atoms with van der Waals surface area (Å²) in [6.07, 6.45) is 4.54. The molecule has 0 aliphatic carbocycles. The van der Waals surface area contributed by atoms with Gasteiger partial charge in [-0.15, -0.1) is 0 Å². The highest BCUT2D eigenvalue weighted by Gasteiger charge is 2.18. The summed E-state index contributed by atoms with van der Waals surface area (Å²) in [6, 6.07) is 8.20. The van der Waals surface area contributed by atoms with Gasteiger partial charge in [0.05, 0.1) is 12.0 Å². The summed E-state index contributed by atoms with van der Waals surface area (Å²) < 4.78 is 6.11. The Morgan fingerprint density at radius 3 is 3.09 bits per heavy atom. The number of pyridine rings is 1. The minimum atomic E-state index is 0.150. The number of fused-ring (bicyclic) bond motifs is 2. The van der Waals surface area contributed by atoms with Gasteiger partial charge in [0.15, 0.2) is 0 Å². The third-order valence-corrected chi connectivity index (χ3v) is 4.41. The topological polar surface area (TPSA) is 70.2 Å². The second-order valence-electron chi connectivity index (χ2n) is 6.00. The number of rotatable bonds is 3. The number of ether oxygens (including phenoxy) is 1. The fourth-order valence-electron chi connectivity index (χ4n) is 3.15. The molecule has 3 heterocycles. The lowest BCUT2D eigenvalue weighted by atomic mass is 9.96. The van der Waals surface area contributed by atoms with Gasteiger partial charge in [-0.3, -0.25) is 0 Å². The predicted molar refractivity (Wildman–Crippen MR) is 88.8 cm³/mol. The first-order valence-electron chi connectivity index (χ1n) is 7.81. The zero-order valence-corrected chi connectivity index (χ0v) is 13.0. The molecule has 0 unspecified atom stereocenters. The fourth-order valence-corrected chi connectivity index (χ4v) is 3.15. The Hall–Kier alpha value is -2.37. The van der Waals surface area contributed by atoms with E-state index < -0.39 is 0 Å². The van der Waals surface area contributed by atoms with Gasteiger partial charge in [-0.2, -0.15) is 0 Å². The van der Waals surface area contributed by atoms with Crippen molar-refractivity contribution < 1.29 is 9.84 Å². The molecule has 0 radical (unpaired) electrons. The molecule has 118 valence electrons. The molecule has 3 N–H and O–H groups in total. The Morgan fingerprint density at radius 2 is 2.22 bits per heavy atom. The van der Waals surface area contributed by atoms with Crippen molar-refractivity contribution in [2.24, 2.45) is 0 Å². The average Bonchev–Trinajstić information content (AvgIpc) is 2.97. The van der Waals surface area contributed by atoms with E-state index in [0.29, 0.717) is 0 Å². The monoisotopic (exact) mass is 309 g/mol. The van der Waals surface area contributed by atoms with Crippen LogP contribution in [0.25, 0.3) is 11.0 Å². The molecule has 0 fully saturated rings. The van der Waals surface area contributed by atoms with Crippen molar-refractivity contribution in [1.82, 2.24) is 15.3 Å². The van der Waals surface area contributed by atoms with Gasteiger partial charge in [0.2, 0.25) is 0 Å². The number of aromatic nitrogens is 2. The first-order valence-corrected chi connectivity index (χ1v) is 7.81. The Kier molecular flexibility index (Phi) is 3.52. The lowest BCUT2D eigenvalue weighted by Crippen LogP contribution is -2.38. The SMILES string of the molecule is Cc1c[nH]c2nccc(Oc3ccc4c(c3)CN[C@@H](CO)C4)c12. The molecule has 0 saturated heterocycles. The van der Waals surface area contributed by atoms with Crippen molar-refractivity contribution in [1.29, 1.82) is 0 Å². The summed E-state index contributed by atoms with van der Waals surface area (Å²) in [5.41, 5.74) is 4.45. The predicted octanol–water partition coefficient (Wildman–Crippen LogP) is 2.67. The van der Waals surface area contributed by atoms with E-state index >= 15 is 0 Å². The number of aromatic amines is 1. The van der Waals surface area contributed by atoms with Crippen LogP contribution in [0.2, 0.25) is 0 Å². The third kappa shape index (κ3) is 2.58. The Labute approximate surface area is 134 Å². The maximum Gasteiger partial charge on any atom is 0.141 e. The molecule has 1 aliphatic heterocycles. The van der Waals surface area contributed by atoms with Crippen molar-refractivity contribution in [3.8, 4) is 11.5 Å². The quantitative estimate of drug-likeness (QED) is 0.696. The molecule has 0 bridgehead atoms. The number of aryl methyl sites for hydroxylation is 1. The fraction of sp³-hybridized carbons (Fsp3) is 0.278. The molecule has 5 heteroatoms. The number of aliphatic hydroxyl groups is 1. The van der Waals surface area contributed by atoms with Gasteiger partial charge >= 0.3 is 0 Å². The zero-order chi connectivity index (χ0) is 15.8. The van der Waals surface area contributed by atoms with Crippen LogP contribution in [0.3, 0.4) is 0 Å². The van der Waals surface area contributed by atoms with Crippen molar-refractivity contribution in [3.05, 3.63) is 53.3 Å². The van der Waals surface area contributed by atoms with Crippen molar-refractivity contribution in [2.45, 2.75) is 25.9 Å². The molecular formula is C18H19N3O2. The van der Waals surface area contributed by atoms with Crippen LogP contribution in [0.15, 0.2) is 36.7 Å². The zero-order valence-electron chi connectivity index (χ0n) is 13.0. The number of hydrogen-bond donors (Lipinski definition) is 3. The van der Waals surface area contributed by atoms with Crippen molar-refractivity contribution >= 4 is 11.0 Å². The molecule has 0 amide bonds. The minimum Gasteiger partial charge on any atom is -0.457 e. The second-order valence-corrected chi connectivity index (χ2v) is 6.00. The highest BCUT2D eigenvalue weighted by molar-refractivity contribution is 5.86. The highest BCUT2D eigenvalue weighted by Crippen LogP contribution is 2.32. The van der Waals surface area contributed by atoms with E-state index in [-0.39, 0.29) is 12.6 Å². The summed E-state index contributed by atoms with van der Waals surface area (Å²) in [6.45, 7) is 2.96. The number of nitrogens with zero attached hydrogens (tertiary/aromatic N) is 1. The lowest BCUT2D eigenvalue weighted by Gasteiger charge is -2.25. The molecule has 1 aromatic carbocycles. The van der Waals surface area contributed by atoms with E-state index in [0.717, 1.165) is 41.1 Å². The number of hydrogen-bond acceptors (Lipinski definition) is 4. The van der Waals surface area contributed by atoms with Crippen molar-refractivity contribution in [2.75, 3.05) is 6.61 Å². The summed E-state index contributed by atoms with van der Waals surface area (Å²) in [7, 11) is 0. The molecule has 0 spiro atoms. The second kappa shape index (κ2) is 5.68. The van der Waals surface area contributed by atoms with Crippen LogP contribution in [0, 0.1) is 6.92 Å². The largest absolute Gasteiger partial charge is 0.457 e. The summed E-state index contributed by atoms with van der Waals surface area (Å²) >= 11 is 0. The van der Waals surface area contributed by atoms with E-state index in [4.69, 9.17) is 4.74 Å². The number of H-pyrrole nitrogens is 1. The molecule has 1 aliphatic rings. The normalized spacial score (nSPS) is 17.2. The maximum absolute atomic E-state index is 9.28. The van der Waals surface area contributed by atoms with Gasteiger partial charge in [-0.1, -0.05) is 6.07 Å². The molecular weight excluding hydrogens is 290 g/mol. The van der Waals surface area contributed by atoms with E-state index in [1.165, 1.54) is 11.1 Å². The van der Waals surface area contributed by atoms with E-state index in [9.17, 15) is 5.11 Å². The Bertz CT molecular complexity index is 857. The first kappa shape index (κ1) is 14.2. The molecule has 1 atom stereocenters. The van der Waals surface area contributed by atoms with Crippen molar-refractivity contribution in [3.63, 3.8) is 0 Å². The Morgan fingerprint density at radius 1 is 1.30 bits per heavy atom. The van der Waals surface area contributed by atoms with Crippen LogP contribution >= 0.6 is 0 Å². The van der Waals surface area contributed by atoms with Crippen LogP contribution in [0.1, 0.15) is 16.7 Å². The first-order chi connectivity index (χ1) is 11.2. The average molecular weight is 309 g/mol. The number of aliphatic hydroxyl groups excluding tert-OH is 1. The highest BCUT2D eigenvalue weighted by atomic mass is 16.5. The van der Waals surface area contributed by atoms with Gasteiger partial charge in [-0.05, 0) is 48.2 Å². The smallest absolute Gasteiger partial charge is 0.141 e. The molecule has 2 aromatic heterocycles. The van der Waals surface area contributed by atoms with Crippen LogP contribution in [-0.2, 0) is 13.0 Å². The van der Waals surface area contributed by atoms with E-state index in [1.54, 1.807) is 6.20 Å². The van der Waals surface area contributed by atoms with Gasteiger partial charge in [0.25, 0.3) is 0 Å². The van der Waals surface area contributed by atoms with Gasteiger partial charge in [0.1, 0.15) is 17.1 Å². The number of nitrogens with one attached hydrogen (secondary N) is 2. The molecule has 5 nitrogen and oxygen atoms in total. The van der Waals surface area contributed by atoms with Crippen LogP contribution in [0.5, 0.6) is 11.5 Å². The molecule has 3 aromatic rings. The van der Waals surface area contributed by atoms with Gasteiger partial charge in [0, 0.05) is 25.0 Å². The standard InChI is InChI=1S/C18H19N3O2/c1-11-8-21-18-17(11)16(4-5-19-18)23-15-3-2-12-6-14(10-22)20-9-13(12)7-15/h2-5,7-8,14,20,22H,6,9-10H2,1H3,(H,19,21)/t14-/m1/s1. The minimum absolute atomic E-state index is 0.150. The van der Waals surface area contributed by atoms with Crippen LogP contribution in [0.4, 0.5) is 0 Å². The molecule has 4 rings (SSSR count). The lowest BCUT2D eigenvalue weighted by molar-refractivity contribution is 0.236. The van der Waals surface area contributed by atoms with E-state index in [2.05, 4.69) is 27.4 Å². The third-order valence-electron chi connectivity index (χ3n) is 4.41. The van der Waals surface area contributed by atoms with Crippen LogP contribution in [-0.4, -0.2) is 27.7 Å². The summed E-state index contributed by atoms with van der Waals surface area (Å²) in [4.78, 5) is 7.47. The van der Waals surface area contributed by atoms with Crippen LogP contribution < -0.4 is 10.1 Å². The Balaban J connectivity index is 1.65. The summed E-state index contributed by atoms with van der Waals surface area (Å²) in [5.74, 6) is 1.63. The maximum atomic E-state index is 9.28. The molecule has 0 saturated carbocycles. The number of benzene rings is 1. The van der Waals surface area contributed by atoms with E-state index in [1.807, 2.05) is 25.3 Å². The van der Waals surface area contributed by atoms with Gasteiger partial charge in [-0.25, -0.2) is 4.98 Å². The van der Waals surface area contributed by atoms with Gasteiger partial charge < -0.3 is 20.1 Å². The summed E-state index contributed by atoms with van der Waals surface area (Å²) in [5, 5.41) is 13.6.